The Hall–Kier alpha value is -1.18. The molecule has 88 valence electrons. The number of rotatable bonds is 1. The molecule has 0 aliphatic carbocycles. The van der Waals surface area contributed by atoms with Gasteiger partial charge >= 0.3 is 0 Å². The lowest BCUT2D eigenvalue weighted by molar-refractivity contribution is 1.34. The maximum atomic E-state index is 6.26. The fraction of sp³-hybridized carbons (Fsp3) is 0.143. The van der Waals surface area contributed by atoms with Crippen molar-refractivity contribution in [3.63, 3.8) is 0 Å². The van der Waals surface area contributed by atoms with E-state index >= 15 is 0 Å². The van der Waals surface area contributed by atoms with E-state index in [9.17, 15) is 0 Å². The molecule has 0 fully saturated rings. The van der Waals surface area contributed by atoms with Crippen molar-refractivity contribution < 1.29 is 0 Å². The van der Waals surface area contributed by atoms with E-state index in [1.165, 1.54) is 11.1 Å². The summed E-state index contributed by atoms with van der Waals surface area (Å²) in [5, 5.41) is 1.35. The molecule has 0 bridgehead atoms. The molecule has 0 radical (unpaired) electrons. The van der Waals surface area contributed by atoms with Gasteiger partial charge < -0.3 is 5.73 Å². The maximum absolute atomic E-state index is 6.26. The van der Waals surface area contributed by atoms with Crippen LogP contribution in [0.2, 0.25) is 10.0 Å². The van der Waals surface area contributed by atoms with Crippen LogP contribution in [0, 0.1) is 13.8 Å². The third kappa shape index (κ3) is 2.41. The largest absolute Gasteiger partial charge is 0.398 e. The summed E-state index contributed by atoms with van der Waals surface area (Å²) >= 11 is 12.3. The first-order chi connectivity index (χ1) is 7.99. The maximum Gasteiger partial charge on any atom is 0.0488 e. The predicted octanol–water partition coefficient (Wildman–Crippen LogP) is 4.86. The Bertz CT molecular complexity index is 577. The summed E-state index contributed by atoms with van der Waals surface area (Å²) in [6, 6.07) is 9.40. The van der Waals surface area contributed by atoms with Crippen molar-refractivity contribution in [2.24, 2.45) is 0 Å². The summed E-state index contributed by atoms with van der Waals surface area (Å²) in [7, 11) is 0. The molecule has 0 unspecified atom stereocenters. The second kappa shape index (κ2) is 4.59. The lowest BCUT2D eigenvalue weighted by Crippen LogP contribution is -1.92. The predicted molar refractivity (Wildman–Crippen MR) is 75.8 cm³/mol. The molecular weight excluding hydrogens is 253 g/mol. The van der Waals surface area contributed by atoms with Crippen LogP contribution in [0.15, 0.2) is 30.3 Å². The summed E-state index contributed by atoms with van der Waals surface area (Å²) in [4.78, 5) is 0. The van der Waals surface area contributed by atoms with Crippen molar-refractivity contribution in [2.45, 2.75) is 13.8 Å². The van der Waals surface area contributed by atoms with Gasteiger partial charge in [0.2, 0.25) is 0 Å². The molecule has 2 aromatic carbocycles. The highest BCUT2D eigenvalue weighted by atomic mass is 35.5. The van der Waals surface area contributed by atoms with Crippen molar-refractivity contribution in [3.05, 3.63) is 51.5 Å². The van der Waals surface area contributed by atoms with Crippen molar-refractivity contribution in [2.75, 3.05) is 5.73 Å². The summed E-state index contributed by atoms with van der Waals surface area (Å²) in [5.74, 6) is 0. The number of benzene rings is 2. The Morgan fingerprint density at radius 2 is 1.53 bits per heavy atom. The molecule has 17 heavy (non-hydrogen) atoms. The molecule has 0 aliphatic rings. The van der Waals surface area contributed by atoms with Crippen molar-refractivity contribution in [1.29, 1.82) is 0 Å². The monoisotopic (exact) mass is 265 g/mol. The number of halogens is 2. The first-order valence-corrected chi connectivity index (χ1v) is 6.07. The molecule has 0 atom stereocenters. The topological polar surface area (TPSA) is 26.0 Å². The molecule has 3 heteroatoms. The van der Waals surface area contributed by atoms with Crippen LogP contribution >= 0.6 is 23.2 Å². The number of nitrogens with two attached hydrogens (primary N) is 1. The van der Waals surface area contributed by atoms with E-state index in [1.54, 1.807) is 12.1 Å². The molecule has 1 nitrogen and oxygen atoms in total. The quantitative estimate of drug-likeness (QED) is 0.733. The first-order valence-electron chi connectivity index (χ1n) is 5.31. The van der Waals surface area contributed by atoms with Gasteiger partial charge in [0, 0.05) is 26.9 Å². The fourth-order valence-corrected chi connectivity index (χ4v) is 2.24. The third-order valence-electron chi connectivity index (χ3n) is 2.89. The number of aryl methyl sites for hydroxylation is 2. The van der Waals surface area contributed by atoms with Gasteiger partial charge in [-0.05, 0) is 55.3 Å². The van der Waals surface area contributed by atoms with E-state index in [4.69, 9.17) is 28.9 Å². The van der Waals surface area contributed by atoms with Gasteiger partial charge in [0.1, 0.15) is 0 Å². The fourth-order valence-electron chi connectivity index (χ4n) is 1.75. The first kappa shape index (κ1) is 12.3. The molecule has 2 rings (SSSR count). The smallest absolute Gasteiger partial charge is 0.0488 e. The molecule has 0 heterocycles. The SMILES string of the molecule is Cc1cc(Cl)c(-c2cc(Cl)ccc2N)cc1C. The molecular formula is C14H13Cl2N. The second-order valence-corrected chi connectivity index (χ2v) is 4.99. The van der Waals surface area contributed by atoms with Crippen molar-refractivity contribution in [3.8, 4) is 11.1 Å². The average molecular weight is 266 g/mol. The molecule has 0 saturated carbocycles. The average Bonchev–Trinajstić information content (AvgIpc) is 2.27. The van der Waals surface area contributed by atoms with Crippen LogP contribution in [0.5, 0.6) is 0 Å². The van der Waals surface area contributed by atoms with Gasteiger partial charge in [-0.3, -0.25) is 0 Å². The van der Waals surface area contributed by atoms with Gasteiger partial charge in [0.15, 0.2) is 0 Å². The third-order valence-corrected chi connectivity index (χ3v) is 3.44. The van der Waals surface area contributed by atoms with Gasteiger partial charge in [-0.2, -0.15) is 0 Å². The van der Waals surface area contributed by atoms with Crippen molar-refractivity contribution in [1.82, 2.24) is 0 Å². The highest BCUT2D eigenvalue weighted by Crippen LogP contribution is 2.35. The molecule has 0 spiro atoms. The van der Waals surface area contributed by atoms with E-state index in [1.807, 2.05) is 25.1 Å². The minimum Gasteiger partial charge on any atom is -0.398 e. The van der Waals surface area contributed by atoms with Crippen LogP contribution in [-0.2, 0) is 0 Å². The molecule has 0 amide bonds. The Morgan fingerprint density at radius 3 is 2.24 bits per heavy atom. The molecule has 0 saturated heterocycles. The van der Waals surface area contributed by atoms with Crippen LogP contribution in [0.3, 0.4) is 0 Å². The standard InChI is InChI=1S/C14H13Cl2N/c1-8-5-11(13(16)6-9(8)2)12-7-10(15)3-4-14(12)17/h3-7H,17H2,1-2H3. The number of anilines is 1. The number of hydrogen-bond donors (Lipinski definition) is 1. The zero-order valence-corrected chi connectivity index (χ0v) is 11.2. The molecule has 2 aromatic rings. The van der Waals surface area contributed by atoms with Crippen LogP contribution in [0.25, 0.3) is 11.1 Å². The normalized spacial score (nSPS) is 10.6. The lowest BCUT2D eigenvalue weighted by Gasteiger charge is -2.11. The van der Waals surface area contributed by atoms with Crippen LogP contribution in [-0.4, -0.2) is 0 Å². The zero-order valence-electron chi connectivity index (χ0n) is 9.72. The van der Waals surface area contributed by atoms with E-state index in [2.05, 4.69) is 6.92 Å². The lowest BCUT2D eigenvalue weighted by atomic mass is 9.99. The van der Waals surface area contributed by atoms with Crippen LogP contribution < -0.4 is 5.73 Å². The Kier molecular flexibility index (Phi) is 3.32. The minimum absolute atomic E-state index is 0.656. The van der Waals surface area contributed by atoms with Gasteiger partial charge in [-0.15, -0.1) is 0 Å². The van der Waals surface area contributed by atoms with Crippen LogP contribution in [0.4, 0.5) is 5.69 Å². The van der Waals surface area contributed by atoms with E-state index in [-0.39, 0.29) is 0 Å². The Labute approximate surface area is 111 Å². The zero-order chi connectivity index (χ0) is 12.6. The highest BCUT2D eigenvalue weighted by molar-refractivity contribution is 6.34. The molecule has 0 aromatic heterocycles. The summed E-state index contributed by atoms with van der Waals surface area (Å²) in [6.07, 6.45) is 0. The Balaban J connectivity index is 2.68. The van der Waals surface area contributed by atoms with Gasteiger partial charge in [0.25, 0.3) is 0 Å². The summed E-state index contributed by atoms with van der Waals surface area (Å²) < 4.78 is 0. The van der Waals surface area contributed by atoms with E-state index in [0.29, 0.717) is 15.7 Å². The van der Waals surface area contributed by atoms with Gasteiger partial charge in [-0.1, -0.05) is 23.2 Å². The number of nitrogen functional groups attached to an aromatic ring is 1. The van der Waals surface area contributed by atoms with E-state index in [0.717, 1.165) is 11.1 Å². The summed E-state index contributed by atoms with van der Waals surface area (Å²) in [6.45, 7) is 4.09. The van der Waals surface area contributed by atoms with Crippen molar-refractivity contribution >= 4 is 28.9 Å². The van der Waals surface area contributed by atoms with Gasteiger partial charge in [0.05, 0.1) is 0 Å². The highest BCUT2D eigenvalue weighted by Gasteiger charge is 2.09. The molecule has 2 N–H and O–H groups in total. The summed E-state index contributed by atoms with van der Waals surface area (Å²) in [5.41, 5.74) is 10.8. The minimum atomic E-state index is 0.656. The van der Waals surface area contributed by atoms with Crippen LogP contribution in [0.1, 0.15) is 11.1 Å². The molecule has 0 aliphatic heterocycles. The van der Waals surface area contributed by atoms with E-state index < -0.39 is 0 Å². The Morgan fingerprint density at radius 1 is 0.882 bits per heavy atom. The second-order valence-electron chi connectivity index (χ2n) is 4.15. The van der Waals surface area contributed by atoms with Gasteiger partial charge in [-0.25, -0.2) is 0 Å². The number of hydrogen-bond acceptors (Lipinski definition) is 1.